The Kier molecular flexibility index (Phi) is 3.41. The minimum atomic E-state index is 0.473. The quantitative estimate of drug-likeness (QED) is 0.847. The van der Waals surface area contributed by atoms with Gasteiger partial charge in [-0.05, 0) is 18.9 Å². The van der Waals surface area contributed by atoms with Crippen LogP contribution < -0.4 is 10.1 Å². The van der Waals surface area contributed by atoms with Crippen molar-refractivity contribution in [3.05, 3.63) is 24.4 Å². The highest BCUT2D eigenvalue weighted by atomic mass is 16.5. The van der Waals surface area contributed by atoms with Gasteiger partial charge in [-0.2, -0.15) is 0 Å². The maximum absolute atomic E-state index is 5.64. The molecule has 0 saturated heterocycles. The van der Waals surface area contributed by atoms with Gasteiger partial charge in [-0.25, -0.2) is 0 Å². The predicted molar refractivity (Wildman–Crippen MR) is 68.8 cm³/mol. The minimum Gasteiger partial charge on any atom is -0.494 e. The molecular weight excluding hydrogens is 244 g/mol. The number of methoxy groups -OCH3 is 1. The van der Waals surface area contributed by atoms with E-state index in [1.807, 2.05) is 0 Å². The van der Waals surface area contributed by atoms with E-state index in [-0.39, 0.29) is 0 Å². The fourth-order valence-electron chi connectivity index (χ4n) is 1.85. The second-order valence-corrected chi connectivity index (χ2v) is 4.56. The molecule has 2 aromatic rings. The summed E-state index contributed by atoms with van der Waals surface area (Å²) in [6, 6.07) is 2.50. The van der Waals surface area contributed by atoms with E-state index in [2.05, 4.69) is 20.5 Å². The van der Waals surface area contributed by atoms with Gasteiger partial charge in [0.05, 0.1) is 18.9 Å². The smallest absolute Gasteiger partial charge is 0.251 e. The highest BCUT2D eigenvalue weighted by Gasteiger charge is 2.20. The number of hydrogen-bond acceptors (Lipinski definition) is 6. The Balaban J connectivity index is 1.68. The first-order valence-electron chi connectivity index (χ1n) is 6.41. The third-order valence-electron chi connectivity index (χ3n) is 3.05. The molecule has 1 fully saturated rings. The van der Waals surface area contributed by atoms with Gasteiger partial charge in [0, 0.05) is 25.2 Å². The first kappa shape index (κ1) is 12.1. The van der Waals surface area contributed by atoms with Crippen LogP contribution in [0.3, 0.4) is 0 Å². The average Bonchev–Trinajstić information content (AvgIpc) is 3.15. The molecule has 1 aliphatic rings. The van der Waals surface area contributed by atoms with Gasteiger partial charge in [-0.1, -0.05) is 0 Å². The number of hydrogen-bond donors (Lipinski definition) is 1. The van der Waals surface area contributed by atoms with E-state index in [1.54, 1.807) is 25.6 Å². The highest BCUT2D eigenvalue weighted by Crippen LogP contribution is 2.27. The predicted octanol–water partition coefficient (Wildman–Crippen LogP) is 1.43. The summed E-state index contributed by atoms with van der Waals surface area (Å²) in [5.41, 5.74) is 0.770. The summed E-state index contributed by atoms with van der Waals surface area (Å²) in [6.07, 6.45) is 6.62. The van der Waals surface area contributed by atoms with Crippen LogP contribution in [0.2, 0.25) is 0 Å². The number of ether oxygens (including phenoxy) is 1. The molecule has 0 amide bonds. The molecule has 1 N–H and O–H groups in total. The Labute approximate surface area is 111 Å². The van der Waals surface area contributed by atoms with Crippen molar-refractivity contribution in [1.29, 1.82) is 0 Å². The van der Waals surface area contributed by atoms with Crippen molar-refractivity contribution >= 4 is 0 Å². The lowest BCUT2D eigenvalue weighted by molar-refractivity contribution is 0.411. The molecule has 2 heterocycles. The summed E-state index contributed by atoms with van der Waals surface area (Å²) in [6.45, 7) is 0.875. The molecule has 1 aliphatic carbocycles. The summed E-state index contributed by atoms with van der Waals surface area (Å²) >= 11 is 0. The number of nitrogens with one attached hydrogen (secondary N) is 1. The summed E-state index contributed by atoms with van der Waals surface area (Å²) in [5.74, 6) is 1.75. The zero-order valence-corrected chi connectivity index (χ0v) is 10.8. The molecule has 0 bridgehead atoms. The molecule has 2 aromatic heterocycles. The van der Waals surface area contributed by atoms with E-state index in [0.717, 1.165) is 18.5 Å². The summed E-state index contributed by atoms with van der Waals surface area (Å²) in [5, 5.41) is 11.5. The van der Waals surface area contributed by atoms with Gasteiger partial charge in [0.1, 0.15) is 5.75 Å². The van der Waals surface area contributed by atoms with E-state index >= 15 is 0 Å². The molecule has 0 aromatic carbocycles. The SMILES string of the molecule is COc1cnccc1-c1nnc(CCNC2CC2)o1. The van der Waals surface area contributed by atoms with Crippen LogP contribution in [0.25, 0.3) is 11.5 Å². The van der Waals surface area contributed by atoms with E-state index < -0.39 is 0 Å². The number of nitrogens with zero attached hydrogens (tertiary/aromatic N) is 3. The number of pyridine rings is 1. The lowest BCUT2D eigenvalue weighted by atomic mass is 10.2. The standard InChI is InChI=1S/C13H16N4O2/c1-18-11-8-14-6-4-10(11)13-17-16-12(19-13)5-7-15-9-2-3-9/h4,6,8-9,15H,2-3,5,7H2,1H3. The Hall–Kier alpha value is -1.95. The zero-order valence-electron chi connectivity index (χ0n) is 10.8. The molecule has 0 atom stereocenters. The molecular formula is C13H16N4O2. The molecule has 0 spiro atoms. The van der Waals surface area contributed by atoms with Crippen molar-refractivity contribution in [3.63, 3.8) is 0 Å². The minimum absolute atomic E-state index is 0.473. The van der Waals surface area contributed by atoms with Gasteiger partial charge in [0.2, 0.25) is 5.89 Å². The lowest BCUT2D eigenvalue weighted by Gasteiger charge is -2.02. The van der Waals surface area contributed by atoms with Gasteiger partial charge in [0.25, 0.3) is 5.89 Å². The van der Waals surface area contributed by atoms with Gasteiger partial charge in [0.15, 0.2) is 0 Å². The van der Waals surface area contributed by atoms with Crippen LogP contribution >= 0.6 is 0 Å². The van der Waals surface area contributed by atoms with E-state index in [9.17, 15) is 0 Å². The van der Waals surface area contributed by atoms with Gasteiger partial charge in [-0.3, -0.25) is 4.98 Å². The Bertz CT molecular complexity index is 551. The Morgan fingerprint density at radius 3 is 3.11 bits per heavy atom. The van der Waals surface area contributed by atoms with Crippen molar-refractivity contribution in [2.45, 2.75) is 25.3 Å². The zero-order chi connectivity index (χ0) is 13.1. The highest BCUT2D eigenvalue weighted by molar-refractivity contribution is 5.60. The molecule has 1 saturated carbocycles. The van der Waals surface area contributed by atoms with E-state index in [4.69, 9.17) is 9.15 Å². The van der Waals surface area contributed by atoms with Crippen LogP contribution in [0.1, 0.15) is 18.7 Å². The van der Waals surface area contributed by atoms with Crippen molar-refractivity contribution in [2.75, 3.05) is 13.7 Å². The summed E-state index contributed by atoms with van der Waals surface area (Å²) in [4.78, 5) is 4.00. The third-order valence-corrected chi connectivity index (χ3v) is 3.05. The van der Waals surface area contributed by atoms with Crippen LogP contribution in [0.15, 0.2) is 22.9 Å². The largest absolute Gasteiger partial charge is 0.494 e. The molecule has 6 heteroatoms. The normalized spacial score (nSPS) is 14.6. The molecule has 3 rings (SSSR count). The van der Waals surface area contributed by atoms with Gasteiger partial charge < -0.3 is 14.5 Å². The maximum Gasteiger partial charge on any atom is 0.251 e. The summed E-state index contributed by atoms with van der Waals surface area (Å²) < 4.78 is 10.9. The van der Waals surface area contributed by atoms with Crippen LogP contribution in [-0.2, 0) is 6.42 Å². The van der Waals surface area contributed by atoms with Crippen LogP contribution in [0, 0.1) is 0 Å². The number of aromatic nitrogens is 3. The first-order chi connectivity index (χ1) is 9.36. The lowest BCUT2D eigenvalue weighted by Crippen LogP contribution is -2.19. The first-order valence-corrected chi connectivity index (χ1v) is 6.41. The number of rotatable bonds is 6. The van der Waals surface area contributed by atoms with Crippen molar-refractivity contribution < 1.29 is 9.15 Å². The molecule has 100 valence electrons. The second-order valence-electron chi connectivity index (χ2n) is 4.56. The van der Waals surface area contributed by atoms with Crippen LogP contribution in [0.4, 0.5) is 0 Å². The Morgan fingerprint density at radius 1 is 1.42 bits per heavy atom. The topological polar surface area (TPSA) is 73.1 Å². The Morgan fingerprint density at radius 2 is 2.32 bits per heavy atom. The van der Waals surface area contributed by atoms with Crippen LogP contribution in [-0.4, -0.2) is 34.9 Å². The van der Waals surface area contributed by atoms with E-state index in [1.165, 1.54) is 12.8 Å². The van der Waals surface area contributed by atoms with Crippen molar-refractivity contribution in [1.82, 2.24) is 20.5 Å². The van der Waals surface area contributed by atoms with Gasteiger partial charge >= 0.3 is 0 Å². The second kappa shape index (κ2) is 5.36. The molecule has 19 heavy (non-hydrogen) atoms. The maximum atomic E-state index is 5.64. The van der Waals surface area contributed by atoms with Crippen molar-refractivity contribution in [3.8, 4) is 17.2 Å². The summed E-state index contributed by atoms with van der Waals surface area (Å²) in [7, 11) is 1.59. The average molecular weight is 260 g/mol. The molecule has 0 radical (unpaired) electrons. The van der Waals surface area contributed by atoms with Crippen LogP contribution in [0.5, 0.6) is 5.75 Å². The molecule has 0 unspecified atom stereocenters. The third kappa shape index (κ3) is 2.90. The van der Waals surface area contributed by atoms with Crippen molar-refractivity contribution in [2.24, 2.45) is 0 Å². The monoisotopic (exact) mass is 260 g/mol. The fraction of sp³-hybridized carbons (Fsp3) is 0.462. The fourth-order valence-corrected chi connectivity index (χ4v) is 1.85. The van der Waals surface area contributed by atoms with Gasteiger partial charge in [-0.15, -0.1) is 10.2 Å². The molecule has 0 aliphatic heterocycles. The molecule has 6 nitrogen and oxygen atoms in total. The van der Waals surface area contributed by atoms with E-state index in [0.29, 0.717) is 23.6 Å².